The van der Waals surface area contributed by atoms with E-state index in [0.29, 0.717) is 46.5 Å². The third kappa shape index (κ3) is 5.83. The first-order valence-electron chi connectivity index (χ1n) is 11.3. The molecule has 0 radical (unpaired) electrons. The Bertz CT molecular complexity index is 1210. The van der Waals surface area contributed by atoms with Crippen molar-refractivity contribution in [3.8, 4) is 5.75 Å². The fourth-order valence-electron chi connectivity index (χ4n) is 4.01. The maximum Gasteiger partial charge on any atom is 0.229 e. The van der Waals surface area contributed by atoms with Crippen molar-refractivity contribution in [1.82, 2.24) is 9.97 Å². The molecule has 10 heteroatoms. The number of anilines is 5. The maximum absolute atomic E-state index is 14.0. The Kier molecular flexibility index (Phi) is 7.44. The van der Waals surface area contributed by atoms with Crippen molar-refractivity contribution in [2.45, 2.75) is 26.4 Å². The molecule has 0 unspecified atom stereocenters. The van der Waals surface area contributed by atoms with Gasteiger partial charge >= 0.3 is 0 Å². The highest BCUT2D eigenvalue weighted by Crippen LogP contribution is 2.36. The summed E-state index contributed by atoms with van der Waals surface area (Å²) in [7, 11) is 1.62. The lowest BCUT2D eigenvalue weighted by Gasteiger charge is -2.30. The van der Waals surface area contributed by atoms with Crippen LogP contribution in [0.3, 0.4) is 0 Å². The molecule has 2 aromatic carbocycles. The van der Waals surface area contributed by atoms with Crippen LogP contribution in [0.25, 0.3) is 0 Å². The highest BCUT2D eigenvalue weighted by Gasteiger charge is 2.22. The van der Waals surface area contributed by atoms with E-state index in [1.54, 1.807) is 33.2 Å². The molecule has 1 fully saturated rings. The Labute approximate surface area is 212 Å². The van der Waals surface area contributed by atoms with Gasteiger partial charge in [0.2, 0.25) is 5.95 Å². The molecule has 8 nitrogen and oxygen atoms in total. The summed E-state index contributed by atoms with van der Waals surface area (Å²) in [5.74, 6) is 0.977. The van der Waals surface area contributed by atoms with E-state index in [4.69, 9.17) is 9.47 Å². The van der Waals surface area contributed by atoms with Gasteiger partial charge in [-0.05, 0) is 60.5 Å². The van der Waals surface area contributed by atoms with Crippen LogP contribution < -0.4 is 20.3 Å². The lowest BCUT2D eigenvalue weighted by atomic mass is 9.96. The van der Waals surface area contributed by atoms with Crippen molar-refractivity contribution < 1.29 is 19.0 Å². The van der Waals surface area contributed by atoms with Crippen molar-refractivity contribution in [3.05, 3.63) is 57.9 Å². The Hall–Kier alpha value is -2.95. The SMILES string of the molecule is COc1cc(N2CCOCC2)c(C)cc1Nc1ncc(Br)c(Nc2cc(F)ccc2C(C)(C)O)n1. The van der Waals surface area contributed by atoms with Crippen molar-refractivity contribution in [2.75, 3.05) is 48.9 Å². The summed E-state index contributed by atoms with van der Waals surface area (Å²) >= 11 is 3.45. The van der Waals surface area contributed by atoms with Crippen molar-refractivity contribution in [3.63, 3.8) is 0 Å². The third-order valence-electron chi connectivity index (χ3n) is 5.75. The number of morpholine rings is 1. The molecule has 35 heavy (non-hydrogen) atoms. The molecule has 3 aromatic rings. The van der Waals surface area contributed by atoms with Crippen LogP contribution in [-0.2, 0) is 10.3 Å². The van der Waals surface area contributed by atoms with Crippen LogP contribution in [0.1, 0.15) is 25.0 Å². The van der Waals surface area contributed by atoms with Gasteiger partial charge in [-0.1, -0.05) is 6.07 Å². The van der Waals surface area contributed by atoms with E-state index in [2.05, 4.69) is 41.4 Å². The monoisotopic (exact) mass is 545 g/mol. The number of aliphatic hydroxyl groups is 1. The van der Waals surface area contributed by atoms with Crippen LogP contribution in [-0.4, -0.2) is 48.5 Å². The molecule has 1 aliphatic rings. The number of rotatable bonds is 7. The van der Waals surface area contributed by atoms with Gasteiger partial charge in [0.25, 0.3) is 0 Å². The van der Waals surface area contributed by atoms with Gasteiger partial charge < -0.3 is 30.1 Å². The van der Waals surface area contributed by atoms with E-state index in [9.17, 15) is 9.50 Å². The first-order chi connectivity index (χ1) is 16.7. The topological polar surface area (TPSA) is 91.8 Å². The van der Waals surface area contributed by atoms with Crippen LogP contribution >= 0.6 is 15.9 Å². The third-order valence-corrected chi connectivity index (χ3v) is 6.33. The summed E-state index contributed by atoms with van der Waals surface area (Å²) < 4.78 is 25.7. The standard InChI is InChI=1S/C25H29BrFN5O3/c1-15-11-20(22(34-4)13-21(15)32-7-9-35-10-8-32)30-24-28-14-18(26)23(31-24)29-19-12-16(27)5-6-17(19)25(2,3)33/h5-6,11-14,33H,7-10H2,1-4H3,(H2,28,29,30,31). The molecule has 0 aliphatic carbocycles. The van der Waals surface area contributed by atoms with Crippen LogP contribution in [0.4, 0.5) is 33.2 Å². The van der Waals surface area contributed by atoms with Crippen LogP contribution in [0.15, 0.2) is 41.0 Å². The minimum absolute atomic E-state index is 0.328. The quantitative estimate of drug-likeness (QED) is 0.371. The molecule has 0 saturated carbocycles. The molecule has 0 spiro atoms. The summed E-state index contributed by atoms with van der Waals surface area (Å²) in [4.78, 5) is 11.2. The molecule has 0 amide bonds. The Morgan fingerprint density at radius 2 is 1.89 bits per heavy atom. The number of hydrogen-bond acceptors (Lipinski definition) is 8. The predicted molar refractivity (Wildman–Crippen MR) is 139 cm³/mol. The number of nitrogens with zero attached hydrogens (tertiary/aromatic N) is 3. The second kappa shape index (κ2) is 10.3. The molecule has 1 aliphatic heterocycles. The molecule has 2 heterocycles. The molecule has 186 valence electrons. The average molecular weight is 546 g/mol. The first kappa shape index (κ1) is 25.2. The lowest BCUT2D eigenvalue weighted by molar-refractivity contribution is 0.0793. The zero-order valence-electron chi connectivity index (χ0n) is 20.2. The van der Waals surface area contributed by atoms with E-state index in [1.807, 2.05) is 19.1 Å². The van der Waals surface area contributed by atoms with Crippen LogP contribution in [0.5, 0.6) is 5.75 Å². The Balaban J connectivity index is 1.63. The van der Waals surface area contributed by atoms with Gasteiger partial charge in [-0.2, -0.15) is 4.98 Å². The average Bonchev–Trinajstić information content (AvgIpc) is 2.81. The number of ether oxygens (including phenoxy) is 2. The molecule has 3 N–H and O–H groups in total. The van der Waals surface area contributed by atoms with E-state index in [0.717, 1.165) is 30.0 Å². The summed E-state index contributed by atoms with van der Waals surface area (Å²) in [6, 6.07) is 8.20. The highest BCUT2D eigenvalue weighted by atomic mass is 79.9. The molecule has 1 aromatic heterocycles. The number of halogens is 2. The van der Waals surface area contributed by atoms with Gasteiger partial charge in [-0.3, -0.25) is 0 Å². The number of hydrogen-bond donors (Lipinski definition) is 3. The van der Waals surface area contributed by atoms with Gasteiger partial charge in [0.05, 0.1) is 36.1 Å². The van der Waals surface area contributed by atoms with Crippen LogP contribution in [0, 0.1) is 12.7 Å². The van der Waals surface area contributed by atoms with E-state index in [-0.39, 0.29) is 0 Å². The number of aromatic nitrogens is 2. The molecular formula is C25H29BrFN5O3. The second-order valence-electron chi connectivity index (χ2n) is 8.83. The largest absolute Gasteiger partial charge is 0.494 e. The second-order valence-corrected chi connectivity index (χ2v) is 9.68. The maximum atomic E-state index is 14.0. The van der Waals surface area contributed by atoms with Crippen molar-refractivity contribution in [1.29, 1.82) is 0 Å². The van der Waals surface area contributed by atoms with Gasteiger partial charge in [-0.25, -0.2) is 9.37 Å². The Morgan fingerprint density at radius 1 is 1.14 bits per heavy atom. The Morgan fingerprint density at radius 3 is 2.57 bits per heavy atom. The van der Waals surface area contributed by atoms with Gasteiger partial charge in [0.1, 0.15) is 17.4 Å². The summed E-state index contributed by atoms with van der Waals surface area (Å²) in [6.07, 6.45) is 1.60. The van der Waals surface area contributed by atoms with Gasteiger partial charge in [-0.15, -0.1) is 0 Å². The first-order valence-corrected chi connectivity index (χ1v) is 12.1. The smallest absolute Gasteiger partial charge is 0.229 e. The lowest BCUT2D eigenvalue weighted by Crippen LogP contribution is -2.36. The van der Waals surface area contributed by atoms with E-state index >= 15 is 0 Å². The highest BCUT2D eigenvalue weighted by molar-refractivity contribution is 9.10. The molecule has 1 saturated heterocycles. The van der Waals surface area contributed by atoms with E-state index in [1.165, 1.54) is 12.1 Å². The van der Waals surface area contributed by atoms with Crippen molar-refractivity contribution in [2.24, 2.45) is 0 Å². The normalized spacial score (nSPS) is 14.1. The number of nitrogens with one attached hydrogen (secondary N) is 2. The number of benzene rings is 2. The van der Waals surface area contributed by atoms with Gasteiger partial charge in [0, 0.05) is 42.3 Å². The molecular weight excluding hydrogens is 517 g/mol. The minimum atomic E-state index is -1.18. The van der Waals surface area contributed by atoms with E-state index < -0.39 is 11.4 Å². The molecule has 0 bridgehead atoms. The number of methoxy groups -OCH3 is 1. The fourth-order valence-corrected chi connectivity index (χ4v) is 4.30. The molecule has 0 atom stereocenters. The number of aryl methyl sites for hydroxylation is 1. The summed E-state index contributed by atoms with van der Waals surface area (Å²) in [6.45, 7) is 8.39. The summed E-state index contributed by atoms with van der Waals surface area (Å²) in [5.41, 5.74) is 2.67. The molecule has 4 rings (SSSR count). The van der Waals surface area contributed by atoms with Gasteiger partial charge in [0.15, 0.2) is 0 Å². The fraction of sp³-hybridized carbons (Fsp3) is 0.360. The van der Waals surface area contributed by atoms with Crippen molar-refractivity contribution >= 4 is 44.8 Å². The summed E-state index contributed by atoms with van der Waals surface area (Å²) in [5, 5.41) is 16.9. The van der Waals surface area contributed by atoms with Crippen LogP contribution in [0.2, 0.25) is 0 Å². The predicted octanol–water partition coefficient (Wildman–Crippen LogP) is 5.25. The zero-order chi connectivity index (χ0) is 25.2. The zero-order valence-corrected chi connectivity index (χ0v) is 21.7. The minimum Gasteiger partial charge on any atom is -0.494 e.